The smallest absolute Gasteiger partial charge is 0.323 e. The molecule has 3 rings (SSSR count). The summed E-state index contributed by atoms with van der Waals surface area (Å²) in [6.07, 6.45) is 2.63. The van der Waals surface area contributed by atoms with Gasteiger partial charge in [0.1, 0.15) is 4.90 Å². The Balaban J connectivity index is 1.86. The van der Waals surface area contributed by atoms with E-state index in [2.05, 4.69) is 20.9 Å². The molecule has 150 valence electrons. The molecule has 2 aromatic rings. The number of phenols is 1. The van der Waals surface area contributed by atoms with Crippen LogP contribution in [0, 0.1) is 0 Å². The Hall–Kier alpha value is -2.07. The molecule has 8 nitrogen and oxygen atoms in total. The number of pyridine rings is 1. The third-order valence-corrected chi connectivity index (χ3v) is 7.30. The van der Waals surface area contributed by atoms with Crippen molar-refractivity contribution in [2.75, 3.05) is 23.7 Å². The van der Waals surface area contributed by atoms with E-state index < -0.39 is 26.9 Å². The van der Waals surface area contributed by atoms with Crippen LogP contribution in [0.15, 0.2) is 35.4 Å². The first-order chi connectivity index (χ1) is 13.3. The van der Waals surface area contributed by atoms with Crippen molar-refractivity contribution in [3.8, 4) is 5.75 Å². The Labute approximate surface area is 172 Å². The maximum absolute atomic E-state index is 13.0. The van der Waals surface area contributed by atoms with E-state index in [1.54, 1.807) is 12.1 Å². The van der Waals surface area contributed by atoms with Gasteiger partial charge in [-0.1, -0.05) is 23.2 Å². The van der Waals surface area contributed by atoms with Gasteiger partial charge in [-0.3, -0.25) is 0 Å². The molecule has 0 aliphatic carbocycles. The number of anilines is 2. The number of carbonyl (C=O) groups excluding carboxylic acids is 1. The number of hydrogen-bond acceptors (Lipinski definition) is 6. The highest BCUT2D eigenvalue weighted by Crippen LogP contribution is 2.39. The maximum Gasteiger partial charge on any atom is 0.323 e. The van der Waals surface area contributed by atoms with Gasteiger partial charge in [0.25, 0.3) is 0 Å². The van der Waals surface area contributed by atoms with E-state index in [0.717, 1.165) is 6.54 Å². The first-order valence-corrected chi connectivity index (χ1v) is 10.8. The van der Waals surface area contributed by atoms with Crippen LogP contribution in [0.3, 0.4) is 0 Å². The predicted octanol–water partition coefficient (Wildman–Crippen LogP) is 3.26. The zero-order valence-corrected chi connectivity index (χ0v) is 16.9. The van der Waals surface area contributed by atoms with Gasteiger partial charge in [-0.05, 0) is 43.7 Å². The molecule has 1 aliphatic rings. The second-order valence-electron chi connectivity index (χ2n) is 6.21. The zero-order chi connectivity index (χ0) is 20.3. The molecular weight excluding hydrogens is 427 g/mol. The summed E-state index contributed by atoms with van der Waals surface area (Å²) in [7, 11) is -3.89. The van der Waals surface area contributed by atoms with Gasteiger partial charge in [0.2, 0.25) is 0 Å². The number of piperidine rings is 1. The second-order valence-corrected chi connectivity index (χ2v) is 9.14. The summed E-state index contributed by atoms with van der Waals surface area (Å²) in [6.45, 7) is 1.01. The molecule has 1 fully saturated rings. The van der Waals surface area contributed by atoms with Crippen molar-refractivity contribution in [3.63, 3.8) is 0 Å². The van der Waals surface area contributed by atoms with E-state index in [0.29, 0.717) is 12.8 Å². The van der Waals surface area contributed by atoms with E-state index >= 15 is 0 Å². The molecule has 11 heteroatoms. The van der Waals surface area contributed by atoms with E-state index in [1.165, 1.54) is 18.3 Å². The molecule has 1 saturated heterocycles. The SMILES string of the molecule is O=C(Nc1cccnc1Cl)Nc1ccc(Cl)c(S(=O)(=O)[C@H]2CCCNC2)c1O. The Kier molecular flexibility index (Phi) is 6.29. The summed E-state index contributed by atoms with van der Waals surface area (Å²) in [5.41, 5.74) is 0.167. The lowest BCUT2D eigenvalue weighted by atomic mass is 10.2. The molecule has 0 saturated carbocycles. The maximum atomic E-state index is 13.0. The molecule has 1 aromatic carbocycles. The van der Waals surface area contributed by atoms with Crippen LogP contribution < -0.4 is 16.0 Å². The quantitative estimate of drug-likeness (QED) is 0.424. The van der Waals surface area contributed by atoms with Crippen LogP contribution in [0.1, 0.15) is 12.8 Å². The minimum atomic E-state index is -3.89. The van der Waals surface area contributed by atoms with Crippen molar-refractivity contribution in [1.82, 2.24) is 10.3 Å². The number of benzene rings is 1. The lowest BCUT2D eigenvalue weighted by Crippen LogP contribution is -2.38. The molecule has 1 aliphatic heterocycles. The van der Waals surface area contributed by atoms with Gasteiger partial charge in [0.05, 0.1) is 21.6 Å². The monoisotopic (exact) mass is 444 g/mol. The molecule has 0 bridgehead atoms. The van der Waals surface area contributed by atoms with Crippen LogP contribution in [-0.4, -0.2) is 42.9 Å². The van der Waals surface area contributed by atoms with Crippen LogP contribution in [0.2, 0.25) is 10.2 Å². The van der Waals surface area contributed by atoms with Crippen molar-refractivity contribution in [1.29, 1.82) is 0 Å². The average molecular weight is 445 g/mol. The van der Waals surface area contributed by atoms with E-state index in [4.69, 9.17) is 23.2 Å². The lowest BCUT2D eigenvalue weighted by Gasteiger charge is -2.24. The molecular formula is C17H18Cl2N4O4S. The summed E-state index contributed by atoms with van der Waals surface area (Å²) in [5, 5.41) is 17.7. The lowest BCUT2D eigenvalue weighted by molar-refractivity contribution is 0.262. The van der Waals surface area contributed by atoms with E-state index in [9.17, 15) is 18.3 Å². The summed E-state index contributed by atoms with van der Waals surface area (Å²) >= 11 is 12.0. The molecule has 0 unspecified atom stereocenters. The van der Waals surface area contributed by atoms with Gasteiger partial charge in [-0.2, -0.15) is 0 Å². The van der Waals surface area contributed by atoms with Gasteiger partial charge < -0.3 is 21.1 Å². The van der Waals surface area contributed by atoms with Gasteiger partial charge >= 0.3 is 6.03 Å². The number of nitrogens with zero attached hydrogens (tertiary/aromatic N) is 1. The number of phenolic OH excluding ortho intramolecular Hbond substituents is 1. The Morgan fingerprint density at radius 1 is 1.21 bits per heavy atom. The molecule has 2 heterocycles. The minimum absolute atomic E-state index is 0.0889. The number of rotatable bonds is 4. The van der Waals surface area contributed by atoms with Crippen molar-refractivity contribution >= 4 is 50.4 Å². The van der Waals surface area contributed by atoms with Gasteiger partial charge in [-0.15, -0.1) is 0 Å². The molecule has 1 atom stereocenters. The van der Waals surface area contributed by atoms with Crippen LogP contribution in [0.5, 0.6) is 5.75 Å². The number of hydrogen-bond donors (Lipinski definition) is 4. The van der Waals surface area contributed by atoms with Crippen molar-refractivity contribution in [2.45, 2.75) is 23.0 Å². The van der Waals surface area contributed by atoms with Crippen LogP contribution in [-0.2, 0) is 9.84 Å². The molecule has 0 radical (unpaired) electrons. The van der Waals surface area contributed by atoms with Crippen molar-refractivity contribution in [2.24, 2.45) is 0 Å². The zero-order valence-electron chi connectivity index (χ0n) is 14.6. The van der Waals surface area contributed by atoms with E-state index in [-0.39, 0.29) is 33.0 Å². The highest BCUT2D eigenvalue weighted by molar-refractivity contribution is 7.92. The van der Waals surface area contributed by atoms with Gasteiger partial charge in [0, 0.05) is 12.7 Å². The minimum Gasteiger partial charge on any atom is -0.504 e. The third kappa shape index (κ3) is 4.33. The number of nitrogens with one attached hydrogen (secondary N) is 3. The molecule has 4 N–H and O–H groups in total. The summed E-state index contributed by atoms with van der Waals surface area (Å²) in [5.74, 6) is -0.606. The largest absolute Gasteiger partial charge is 0.504 e. The summed E-state index contributed by atoms with van der Waals surface area (Å²) in [4.78, 5) is 15.7. The first-order valence-electron chi connectivity index (χ1n) is 8.45. The number of amides is 2. The topological polar surface area (TPSA) is 120 Å². The number of aromatic hydroxyl groups is 1. The van der Waals surface area contributed by atoms with Crippen LogP contribution in [0.4, 0.5) is 16.2 Å². The number of urea groups is 1. The highest BCUT2D eigenvalue weighted by atomic mass is 35.5. The fourth-order valence-electron chi connectivity index (χ4n) is 2.92. The summed E-state index contributed by atoms with van der Waals surface area (Å²) < 4.78 is 25.9. The number of carbonyl (C=O) groups is 1. The number of sulfone groups is 1. The van der Waals surface area contributed by atoms with Gasteiger partial charge in [0.15, 0.2) is 20.7 Å². The number of halogens is 2. The molecule has 0 spiro atoms. The Morgan fingerprint density at radius 2 is 1.96 bits per heavy atom. The fourth-order valence-corrected chi connectivity index (χ4v) is 5.43. The van der Waals surface area contributed by atoms with Crippen LogP contribution in [0.25, 0.3) is 0 Å². The summed E-state index contributed by atoms with van der Waals surface area (Å²) in [6, 6.07) is 5.04. The normalized spacial score (nSPS) is 17.1. The molecule has 28 heavy (non-hydrogen) atoms. The second kappa shape index (κ2) is 8.52. The highest BCUT2D eigenvalue weighted by Gasteiger charge is 2.34. The Bertz CT molecular complexity index is 995. The predicted molar refractivity (Wildman–Crippen MR) is 108 cm³/mol. The van der Waals surface area contributed by atoms with Crippen molar-refractivity contribution in [3.05, 3.63) is 40.6 Å². The average Bonchev–Trinajstić information content (AvgIpc) is 2.66. The van der Waals surface area contributed by atoms with Gasteiger partial charge in [-0.25, -0.2) is 18.2 Å². The fraction of sp³-hybridized carbons (Fsp3) is 0.294. The molecule has 1 aromatic heterocycles. The van der Waals surface area contributed by atoms with Crippen molar-refractivity contribution < 1.29 is 18.3 Å². The van der Waals surface area contributed by atoms with E-state index in [1.807, 2.05) is 0 Å². The standard InChI is InChI=1S/C17H18Cl2N4O4S/c18-11-5-6-12(22-17(25)23-13-4-2-8-21-16(13)19)14(24)15(11)28(26,27)10-3-1-7-20-9-10/h2,4-6,8,10,20,24H,1,3,7,9H2,(H2,22,23,25)/t10-/m0/s1. The first kappa shape index (κ1) is 20.7. The van der Waals surface area contributed by atoms with Crippen LogP contribution >= 0.6 is 23.2 Å². The molecule has 2 amide bonds. The Morgan fingerprint density at radius 3 is 2.64 bits per heavy atom. The third-order valence-electron chi connectivity index (χ3n) is 4.31. The number of aromatic nitrogens is 1.